The Balaban J connectivity index is 1.62. The number of hydrogen-bond acceptors (Lipinski definition) is 4. The highest BCUT2D eigenvalue weighted by molar-refractivity contribution is 7.12. The minimum atomic E-state index is -0.301. The number of pyridine rings is 1. The number of carbonyl (C=O) groups is 1. The molecular weight excluding hydrogens is 409 g/mol. The Morgan fingerprint density at radius 3 is 2.55 bits per heavy atom. The minimum Gasteiger partial charge on any atom is -0.363 e. The number of halogens is 1. The largest absolute Gasteiger partial charge is 0.363 e. The zero-order chi connectivity index (χ0) is 21.6. The normalized spacial score (nSPS) is 11.7. The molecule has 0 fully saturated rings. The summed E-state index contributed by atoms with van der Waals surface area (Å²) in [5, 5.41) is 5.28. The van der Waals surface area contributed by atoms with Gasteiger partial charge in [-0.1, -0.05) is 48.5 Å². The third kappa shape index (κ3) is 5.16. The number of rotatable bonds is 7. The smallest absolute Gasteiger partial charge is 0.268 e. The SMILES string of the molecule is C[C@H](Nc1cc(N(Cc2ccc(F)cc2)C(=O)c2cccs2)ccn1)c1ccccc1. The van der Waals surface area contributed by atoms with Crippen LogP contribution in [-0.4, -0.2) is 10.9 Å². The Morgan fingerprint density at radius 1 is 1.06 bits per heavy atom. The fraction of sp³-hybridized carbons (Fsp3) is 0.120. The number of nitrogens with zero attached hydrogens (tertiary/aromatic N) is 2. The van der Waals surface area contributed by atoms with Crippen molar-refractivity contribution in [2.75, 3.05) is 10.2 Å². The van der Waals surface area contributed by atoms with Crippen LogP contribution in [0.2, 0.25) is 0 Å². The molecule has 0 aliphatic carbocycles. The lowest BCUT2D eigenvalue weighted by molar-refractivity contribution is 0.0989. The summed E-state index contributed by atoms with van der Waals surface area (Å²) in [6, 6.07) is 23.7. The average molecular weight is 432 g/mol. The summed E-state index contributed by atoms with van der Waals surface area (Å²) in [5.74, 6) is 0.273. The molecule has 2 aromatic heterocycles. The molecule has 1 atom stereocenters. The number of carbonyl (C=O) groups excluding carboxylic acids is 1. The summed E-state index contributed by atoms with van der Waals surface area (Å²) in [5.41, 5.74) is 2.71. The Kier molecular flexibility index (Phi) is 6.38. The van der Waals surface area contributed by atoms with Gasteiger partial charge in [0.25, 0.3) is 5.91 Å². The first kappa shape index (κ1) is 20.8. The van der Waals surface area contributed by atoms with Gasteiger partial charge < -0.3 is 10.2 Å². The first-order valence-corrected chi connectivity index (χ1v) is 10.9. The quantitative estimate of drug-likeness (QED) is 0.373. The van der Waals surface area contributed by atoms with Crippen molar-refractivity contribution in [3.05, 3.63) is 112 Å². The van der Waals surface area contributed by atoms with Crippen LogP contribution >= 0.6 is 11.3 Å². The third-order valence-corrected chi connectivity index (χ3v) is 5.81. The highest BCUT2D eigenvalue weighted by atomic mass is 32.1. The first-order chi connectivity index (χ1) is 15.1. The third-order valence-electron chi connectivity index (χ3n) is 4.95. The van der Waals surface area contributed by atoms with Crippen molar-refractivity contribution in [1.29, 1.82) is 0 Å². The summed E-state index contributed by atoms with van der Waals surface area (Å²) < 4.78 is 13.3. The van der Waals surface area contributed by atoms with Crippen LogP contribution in [0, 0.1) is 5.82 Å². The average Bonchev–Trinajstić information content (AvgIpc) is 3.34. The molecule has 1 amide bonds. The van der Waals surface area contributed by atoms with E-state index in [2.05, 4.69) is 29.4 Å². The van der Waals surface area contributed by atoms with Crippen molar-refractivity contribution in [2.45, 2.75) is 19.5 Å². The van der Waals surface area contributed by atoms with Crippen molar-refractivity contribution in [1.82, 2.24) is 4.98 Å². The molecule has 6 heteroatoms. The molecule has 0 saturated carbocycles. The van der Waals surface area contributed by atoms with Gasteiger partial charge in [0.05, 0.1) is 11.4 Å². The molecule has 4 rings (SSSR count). The van der Waals surface area contributed by atoms with E-state index in [4.69, 9.17) is 0 Å². The fourth-order valence-corrected chi connectivity index (χ4v) is 3.97. The molecule has 2 aromatic carbocycles. The van der Waals surface area contributed by atoms with E-state index in [0.29, 0.717) is 17.2 Å². The molecule has 0 unspecified atom stereocenters. The molecule has 1 N–H and O–H groups in total. The van der Waals surface area contributed by atoms with Crippen LogP contribution in [0.4, 0.5) is 15.9 Å². The number of thiophene rings is 1. The van der Waals surface area contributed by atoms with E-state index in [9.17, 15) is 9.18 Å². The summed E-state index contributed by atoms with van der Waals surface area (Å²) in [6.45, 7) is 2.39. The molecule has 0 aliphatic heterocycles. The van der Waals surface area contributed by atoms with Crippen molar-refractivity contribution in [3.8, 4) is 0 Å². The van der Waals surface area contributed by atoms with Gasteiger partial charge in [-0.05, 0) is 47.7 Å². The molecule has 4 aromatic rings. The van der Waals surface area contributed by atoms with Gasteiger partial charge in [-0.15, -0.1) is 11.3 Å². The standard InChI is InChI=1S/C25H22FN3OS/c1-18(20-6-3-2-4-7-20)28-24-16-22(13-14-27-24)29(25(30)23-8-5-15-31-23)17-19-9-11-21(26)12-10-19/h2-16,18H,17H2,1H3,(H,27,28)/t18-/m0/s1. The predicted molar refractivity (Wildman–Crippen MR) is 124 cm³/mol. The topological polar surface area (TPSA) is 45.2 Å². The molecule has 2 heterocycles. The lowest BCUT2D eigenvalue weighted by atomic mass is 10.1. The van der Waals surface area contributed by atoms with Crippen LogP contribution in [0.5, 0.6) is 0 Å². The van der Waals surface area contributed by atoms with Crippen LogP contribution in [0.1, 0.15) is 33.8 Å². The number of benzene rings is 2. The van der Waals surface area contributed by atoms with Crippen molar-refractivity contribution in [2.24, 2.45) is 0 Å². The Labute approximate surface area is 185 Å². The monoisotopic (exact) mass is 431 g/mol. The lowest BCUT2D eigenvalue weighted by Crippen LogP contribution is -2.30. The van der Waals surface area contributed by atoms with E-state index in [0.717, 1.165) is 16.8 Å². The molecule has 0 spiro atoms. The van der Waals surface area contributed by atoms with Crippen molar-refractivity contribution < 1.29 is 9.18 Å². The summed E-state index contributed by atoms with van der Waals surface area (Å²) >= 11 is 1.40. The molecular formula is C25H22FN3OS. The summed E-state index contributed by atoms with van der Waals surface area (Å²) in [7, 11) is 0. The zero-order valence-corrected chi connectivity index (χ0v) is 17.9. The summed E-state index contributed by atoms with van der Waals surface area (Å²) in [4.78, 5) is 20.0. The summed E-state index contributed by atoms with van der Waals surface area (Å²) in [6.07, 6.45) is 1.69. The molecule has 0 saturated heterocycles. The molecule has 156 valence electrons. The predicted octanol–water partition coefficient (Wildman–Crippen LogP) is 6.30. The molecule has 0 radical (unpaired) electrons. The van der Waals surface area contributed by atoms with Crippen molar-refractivity contribution >= 4 is 28.7 Å². The van der Waals surface area contributed by atoms with Crippen LogP contribution < -0.4 is 10.2 Å². The molecule has 0 bridgehead atoms. The number of amides is 1. The van der Waals surface area contributed by atoms with E-state index in [1.165, 1.54) is 23.5 Å². The Morgan fingerprint density at radius 2 is 1.84 bits per heavy atom. The van der Waals surface area contributed by atoms with E-state index < -0.39 is 0 Å². The van der Waals surface area contributed by atoms with Gasteiger partial charge in [-0.2, -0.15) is 0 Å². The highest BCUT2D eigenvalue weighted by Gasteiger charge is 2.20. The van der Waals surface area contributed by atoms with Crippen LogP contribution in [0.25, 0.3) is 0 Å². The van der Waals surface area contributed by atoms with E-state index in [1.54, 1.807) is 23.2 Å². The number of anilines is 2. The van der Waals surface area contributed by atoms with Crippen LogP contribution in [0.3, 0.4) is 0 Å². The zero-order valence-electron chi connectivity index (χ0n) is 17.0. The molecule has 31 heavy (non-hydrogen) atoms. The van der Waals surface area contributed by atoms with Gasteiger partial charge in [0.15, 0.2) is 0 Å². The lowest BCUT2D eigenvalue weighted by Gasteiger charge is -2.24. The Hall–Kier alpha value is -3.51. The van der Waals surface area contributed by atoms with Gasteiger partial charge in [-0.3, -0.25) is 4.79 Å². The van der Waals surface area contributed by atoms with Gasteiger partial charge >= 0.3 is 0 Å². The number of aromatic nitrogens is 1. The Bertz CT molecular complexity index is 1130. The fourth-order valence-electron chi connectivity index (χ4n) is 3.30. The highest BCUT2D eigenvalue weighted by Crippen LogP contribution is 2.26. The maximum atomic E-state index is 13.3. The molecule has 4 nitrogen and oxygen atoms in total. The maximum Gasteiger partial charge on any atom is 0.268 e. The van der Waals surface area contributed by atoms with Gasteiger partial charge in [0, 0.05) is 24.0 Å². The van der Waals surface area contributed by atoms with Crippen molar-refractivity contribution in [3.63, 3.8) is 0 Å². The second-order valence-electron chi connectivity index (χ2n) is 7.17. The van der Waals surface area contributed by atoms with Gasteiger partial charge in [-0.25, -0.2) is 9.37 Å². The van der Waals surface area contributed by atoms with E-state index in [-0.39, 0.29) is 17.8 Å². The number of hydrogen-bond donors (Lipinski definition) is 1. The maximum absolute atomic E-state index is 13.3. The second kappa shape index (κ2) is 9.53. The second-order valence-corrected chi connectivity index (χ2v) is 8.12. The van der Waals surface area contributed by atoms with E-state index >= 15 is 0 Å². The van der Waals surface area contributed by atoms with E-state index in [1.807, 2.05) is 47.8 Å². The van der Waals surface area contributed by atoms with Crippen LogP contribution in [-0.2, 0) is 6.54 Å². The van der Waals surface area contributed by atoms with Crippen LogP contribution in [0.15, 0.2) is 90.4 Å². The van der Waals surface area contributed by atoms with Gasteiger partial charge in [0.2, 0.25) is 0 Å². The minimum absolute atomic E-state index is 0.0579. The number of nitrogens with one attached hydrogen (secondary N) is 1. The van der Waals surface area contributed by atoms with Gasteiger partial charge in [0.1, 0.15) is 11.6 Å². The molecule has 0 aliphatic rings. The first-order valence-electron chi connectivity index (χ1n) is 9.97.